The van der Waals surface area contributed by atoms with E-state index in [1.54, 1.807) is 13.0 Å². The minimum Gasteiger partial charge on any atom is -0.346 e. The summed E-state index contributed by atoms with van der Waals surface area (Å²) in [4.78, 5) is 16.8. The van der Waals surface area contributed by atoms with E-state index < -0.39 is 15.9 Å². The molecule has 2 aromatic carbocycles. The maximum absolute atomic E-state index is 12.7. The first-order chi connectivity index (χ1) is 13.8. The number of primary sulfonamides is 1. The summed E-state index contributed by atoms with van der Waals surface area (Å²) in [5, 5.41) is 13.6. The van der Waals surface area contributed by atoms with Gasteiger partial charge in [-0.05, 0) is 43.2 Å². The van der Waals surface area contributed by atoms with Crippen molar-refractivity contribution in [3.05, 3.63) is 65.9 Å². The number of anilines is 2. The zero-order valence-corrected chi connectivity index (χ0v) is 16.8. The van der Waals surface area contributed by atoms with Crippen molar-refractivity contribution in [3.63, 3.8) is 0 Å². The van der Waals surface area contributed by atoms with Crippen molar-refractivity contribution in [1.82, 2.24) is 0 Å². The molecule has 0 atom stereocenters. The summed E-state index contributed by atoms with van der Waals surface area (Å²) in [6.45, 7) is 3.75. The molecule has 1 aliphatic rings. The largest absolute Gasteiger partial charge is 0.346 e. The van der Waals surface area contributed by atoms with Crippen LogP contribution >= 0.6 is 0 Å². The van der Waals surface area contributed by atoms with E-state index in [1.807, 2.05) is 24.3 Å². The molecule has 0 spiro atoms. The number of hydrazone groups is 1. The molecule has 0 unspecified atom stereocenters. The number of carbonyl (C=O) groups is 1. The molecule has 0 radical (unpaired) electrons. The van der Waals surface area contributed by atoms with Crippen molar-refractivity contribution in [1.29, 1.82) is 0 Å². The standard InChI is InChI=1S/C20H21N5O3S/c1-3-15-7-4-5-10-19(15)23-13-22-12-18-14(2)24-25(20(18)26)16-8-6-9-17(11-16)29(21,27)28/h4-13H,3H2,1-2H3,(H,22,23)(H2,21,27,28). The van der Waals surface area contributed by atoms with Gasteiger partial charge in [0.1, 0.15) is 0 Å². The second-order valence-corrected chi connectivity index (χ2v) is 7.88. The van der Waals surface area contributed by atoms with E-state index in [0.717, 1.165) is 22.7 Å². The van der Waals surface area contributed by atoms with Gasteiger partial charge in [0, 0.05) is 11.9 Å². The lowest BCUT2D eigenvalue weighted by Crippen LogP contribution is -2.22. The first-order valence-corrected chi connectivity index (χ1v) is 10.4. The van der Waals surface area contributed by atoms with Crippen molar-refractivity contribution >= 4 is 39.4 Å². The van der Waals surface area contributed by atoms with Crippen LogP contribution in [-0.2, 0) is 21.2 Å². The molecule has 0 fully saturated rings. The zero-order valence-electron chi connectivity index (χ0n) is 16.0. The number of carbonyl (C=O) groups excluding carboxylic acids is 1. The number of nitrogens with two attached hydrogens (primary N) is 1. The summed E-state index contributed by atoms with van der Waals surface area (Å²) in [6.07, 6.45) is 3.81. The molecule has 1 aliphatic heterocycles. The number of hydrogen-bond donors (Lipinski definition) is 2. The fourth-order valence-corrected chi connectivity index (χ4v) is 3.38. The van der Waals surface area contributed by atoms with Gasteiger partial charge in [-0.1, -0.05) is 31.2 Å². The Morgan fingerprint density at radius 1 is 1.21 bits per heavy atom. The van der Waals surface area contributed by atoms with Crippen LogP contribution in [0.25, 0.3) is 0 Å². The number of aryl methyl sites for hydroxylation is 1. The van der Waals surface area contributed by atoms with Crippen LogP contribution in [0.5, 0.6) is 0 Å². The van der Waals surface area contributed by atoms with Crippen LogP contribution in [-0.4, -0.2) is 26.4 Å². The van der Waals surface area contributed by atoms with Gasteiger partial charge in [0.2, 0.25) is 10.0 Å². The molecule has 8 nitrogen and oxygen atoms in total. The topological polar surface area (TPSA) is 117 Å². The fraction of sp³-hybridized carbons (Fsp3) is 0.150. The van der Waals surface area contributed by atoms with Gasteiger partial charge in [-0.3, -0.25) is 4.79 Å². The number of aliphatic imine (C=N–C) groups is 1. The first-order valence-electron chi connectivity index (χ1n) is 8.90. The molecule has 3 rings (SSSR count). The molecule has 0 saturated heterocycles. The molecule has 150 valence electrons. The third-order valence-corrected chi connectivity index (χ3v) is 5.26. The normalized spacial score (nSPS) is 16.0. The highest BCUT2D eigenvalue weighted by atomic mass is 32.2. The lowest BCUT2D eigenvalue weighted by molar-refractivity contribution is -0.114. The van der Waals surface area contributed by atoms with Crippen LogP contribution in [0.1, 0.15) is 19.4 Å². The van der Waals surface area contributed by atoms with E-state index >= 15 is 0 Å². The van der Waals surface area contributed by atoms with Crippen molar-refractivity contribution in [3.8, 4) is 0 Å². The van der Waals surface area contributed by atoms with Gasteiger partial charge in [-0.25, -0.2) is 18.5 Å². The fourth-order valence-electron chi connectivity index (χ4n) is 2.82. The zero-order chi connectivity index (χ0) is 21.0. The van der Waals surface area contributed by atoms with Crippen molar-refractivity contribution in [2.24, 2.45) is 15.2 Å². The number of hydrogen-bond acceptors (Lipinski definition) is 5. The first kappa shape index (κ1) is 20.4. The number of amides is 1. The second-order valence-electron chi connectivity index (χ2n) is 6.32. The van der Waals surface area contributed by atoms with Crippen LogP contribution in [0.3, 0.4) is 0 Å². The van der Waals surface area contributed by atoms with Crippen molar-refractivity contribution in [2.45, 2.75) is 25.2 Å². The average Bonchev–Trinajstić information content (AvgIpc) is 2.99. The average molecular weight is 411 g/mol. The summed E-state index contributed by atoms with van der Waals surface area (Å²) < 4.78 is 23.1. The van der Waals surface area contributed by atoms with E-state index in [9.17, 15) is 13.2 Å². The lowest BCUT2D eigenvalue weighted by atomic mass is 10.1. The Hall–Kier alpha value is -3.30. The minimum atomic E-state index is -3.88. The van der Waals surface area contributed by atoms with E-state index in [-0.39, 0.29) is 4.90 Å². The van der Waals surface area contributed by atoms with Crippen LogP contribution in [0.2, 0.25) is 0 Å². The maximum atomic E-state index is 12.7. The SMILES string of the molecule is CCc1ccccc1NC=NC=C1C(=O)N(c2cccc(S(N)(=O)=O)c2)N=C1C. The Morgan fingerprint density at radius 2 is 1.97 bits per heavy atom. The Morgan fingerprint density at radius 3 is 2.69 bits per heavy atom. The molecular formula is C20H21N5O3S. The molecule has 1 amide bonds. The number of benzene rings is 2. The summed E-state index contributed by atoms with van der Waals surface area (Å²) in [5.74, 6) is -0.403. The molecule has 9 heteroatoms. The summed E-state index contributed by atoms with van der Waals surface area (Å²) in [5.41, 5.74) is 3.20. The number of rotatable bonds is 6. The smallest absolute Gasteiger partial charge is 0.282 e. The van der Waals surface area contributed by atoms with Crippen LogP contribution in [0.15, 0.2) is 75.3 Å². The Kier molecular flexibility index (Phi) is 5.90. The summed E-state index contributed by atoms with van der Waals surface area (Å²) in [7, 11) is -3.88. The Bertz CT molecular complexity index is 1140. The minimum absolute atomic E-state index is 0.0927. The summed E-state index contributed by atoms with van der Waals surface area (Å²) in [6, 6.07) is 13.6. The van der Waals surface area contributed by atoms with E-state index in [1.165, 1.54) is 30.7 Å². The lowest BCUT2D eigenvalue weighted by Gasteiger charge is -2.12. The molecule has 2 aromatic rings. The molecule has 1 heterocycles. The van der Waals surface area contributed by atoms with E-state index in [4.69, 9.17) is 5.14 Å². The van der Waals surface area contributed by atoms with Crippen LogP contribution in [0.4, 0.5) is 11.4 Å². The molecule has 29 heavy (non-hydrogen) atoms. The highest BCUT2D eigenvalue weighted by Crippen LogP contribution is 2.25. The molecule has 3 N–H and O–H groups in total. The summed E-state index contributed by atoms with van der Waals surface area (Å²) >= 11 is 0. The van der Waals surface area contributed by atoms with Crippen molar-refractivity contribution < 1.29 is 13.2 Å². The Balaban J connectivity index is 1.78. The third kappa shape index (κ3) is 4.58. The van der Waals surface area contributed by atoms with Gasteiger partial charge >= 0.3 is 0 Å². The maximum Gasteiger partial charge on any atom is 0.282 e. The predicted octanol–water partition coefficient (Wildman–Crippen LogP) is 2.64. The monoisotopic (exact) mass is 411 g/mol. The third-order valence-electron chi connectivity index (χ3n) is 4.35. The second kappa shape index (κ2) is 8.38. The number of nitrogens with zero attached hydrogens (tertiary/aromatic N) is 3. The highest BCUT2D eigenvalue weighted by Gasteiger charge is 2.29. The quantitative estimate of drug-likeness (QED) is 0.432. The van der Waals surface area contributed by atoms with E-state index in [0.29, 0.717) is 17.0 Å². The Labute approximate surface area is 169 Å². The highest BCUT2D eigenvalue weighted by molar-refractivity contribution is 7.89. The number of para-hydroxylation sites is 1. The van der Waals surface area contributed by atoms with Gasteiger partial charge in [0.25, 0.3) is 5.91 Å². The molecule has 0 bridgehead atoms. The van der Waals surface area contributed by atoms with Crippen molar-refractivity contribution in [2.75, 3.05) is 10.3 Å². The molecule has 0 aliphatic carbocycles. The van der Waals surface area contributed by atoms with Crippen LogP contribution in [0, 0.1) is 0 Å². The van der Waals surface area contributed by atoms with Gasteiger partial charge in [0.15, 0.2) is 0 Å². The van der Waals surface area contributed by atoms with E-state index in [2.05, 4.69) is 22.3 Å². The molecule has 0 saturated carbocycles. The van der Waals surface area contributed by atoms with Gasteiger partial charge in [-0.2, -0.15) is 10.1 Å². The number of nitrogens with one attached hydrogen (secondary N) is 1. The van der Waals surface area contributed by atoms with Crippen LogP contribution < -0.4 is 15.5 Å². The molecule has 0 aromatic heterocycles. The molecular weight excluding hydrogens is 390 g/mol. The van der Waals surface area contributed by atoms with Gasteiger partial charge in [0.05, 0.1) is 28.2 Å². The predicted molar refractivity (Wildman–Crippen MR) is 114 cm³/mol. The van der Waals surface area contributed by atoms with Gasteiger partial charge in [-0.15, -0.1) is 0 Å². The van der Waals surface area contributed by atoms with Gasteiger partial charge < -0.3 is 5.32 Å². The number of sulfonamides is 1.